The molecule has 0 aromatic rings. The van der Waals surface area contributed by atoms with Crippen molar-refractivity contribution in [3.63, 3.8) is 0 Å². The summed E-state index contributed by atoms with van der Waals surface area (Å²) in [5.41, 5.74) is 5.62. The molecule has 0 saturated carbocycles. The van der Waals surface area contributed by atoms with Gasteiger partial charge in [-0.2, -0.15) is 0 Å². The highest BCUT2D eigenvalue weighted by Crippen LogP contribution is 2.11. The number of nitrogens with two attached hydrogens (primary N) is 1. The van der Waals surface area contributed by atoms with Crippen LogP contribution in [-0.4, -0.2) is 54.0 Å². The van der Waals surface area contributed by atoms with E-state index in [1.54, 1.807) is 6.92 Å². The van der Waals surface area contributed by atoms with E-state index < -0.39 is 12.0 Å². The van der Waals surface area contributed by atoms with E-state index >= 15 is 0 Å². The van der Waals surface area contributed by atoms with E-state index in [1.807, 2.05) is 4.90 Å². The van der Waals surface area contributed by atoms with E-state index in [1.165, 1.54) is 11.8 Å². The maximum Gasteiger partial charge on any atom is 0.323 e. The molecule has 1 unspecified atom stereocenters. The van der Waals surface area contributed by atoms with Crippen molar-refractivity contribution >= 4 is 23.6 Å². The third-order valence-corrected chi connectivity index (χ3v) is 3.62. The van der Waals surface area contributed by atoms with Crippen molar-refractivity contribution in [3.8, 4) is 0 Å². The minimum Gasteiger partial charge on any atom is -0.465 e. The van der Waals surface area contributed by atoms with Gasteiger partial charge >= 0.3 is 5.97 Å². The van der Waals surface area contributed by atoms with Crippen LogP contribution >= 0.6 is 11.8 Å². The lowest BCUT2D eigenvalue weighted by molar-refractivity contribution is -0.144. The molecule has 0 aromatic heterocycles. The highest BCUT2D eigenvalue weighted by Gasteiger charge is 2.19. The molecule has 17 heavy (non-hydrogen) atoms. The zero-order valence-corrected chi connectivity index (χ0v) is 11.0. The Morgan fingerprint density at radius 3 is 2.65 bits per heavy atom. The lowest BCUT2D eigenvalue weighted by Gasteiger charge is -2.15. The molecule has 0 bridgehead atoms. The molecule has 5 nitrogen and oxygen atoms in total. The largest absolute Gasteiger partial charge is 0.465 e. The first-order chi connectivity index (χ1) is 8.15. The second kappa shape index (κ2) is 7.55. The van der Waals surface area contributed by atoms with Crippen molar-refractivity contribution in [1.29, 1.82) is 0 Å². The van der Waals surface area contributed by atoms with Crippen LogP contribution in [0.5, 0.6) is 0 Å². The second-order valence-corrected chi connectivity index (χ2v) is 4.99. The van der Waals surface area contributed by atoms with Gasteiger partial charge < -0.3 is 15.4 Å². The quantitative estimate of drug-likeness (QED) is 0.692. The first kappa shape index (κ1) is 14.3. The summed E-state index contributed by atoms with van der Waals surface area (Å²) in [5.74, 6) is 0.572. The normalized spacial score (nSPS) is 16.9. The smallest absolute Gasteiger partial charge is 0.323 e. The van der Waals surface area contributed by atoms with E-state index in [9.17, 15) is 9.59 Å². The van der Waals surface area contributed by atoms with Crippen LogP contribution in [0.15, 0.2) is 0 Å². The summed E-state index contributed by atoms with van der Waals surface area (Å²) in [6.45, 7) is 3.81. The van der Waals surface area contributed by atoms with Crippen LogP contribution in [0.2, 0.25) is 0 Å². The van der Waals surface area contributed by atoms with Crippen molar-refractivity contribution in [3.05, 3.63) is 0 Å². The Morgan fingerprint density at radius 1 is 1.41 bits per heavy atom. The van der Waals surface area contributed by atoms with E-state index in [0.29, 0.717) is 18.1 Å². The number of ether oxygens (including phenoxy) is 1. The van der Waals surface area contributed by atoms with Crippen LogP contribution in [0.4, 0.5) is 0 Å². The number of hydrogen-bond acceptors (Lipinski definition) is 5. The molecule has 1 fully saturated rings. The van der Waals surface area contributed by atoms with Gasteiger partial charge in [0.25, 0.3) is 0 Å². The van der Waals surface area contributed by atoms with Crippen LogP contribution in [0.1, 0.15) is 19.8 Å². The highest BCUT2D eigenvalue weighted by molar-refractivity contribution is 8.00. The van der Waals surface area contributed by atoms with Gasteiger partial charge in [0.15, 0.2) is 0 Å². The summed E-state index contributed by atoms with van der Waals surface area (Å²) in [7, 11) is 0. The number of thioether (sulfide) groups is 1. The molecule has 2 N–H and O–H groups in total. The molecule has 98 valence electrons. The van der Waals surface area contributed by atoms with Gasteiger partial charge in [-0.05, 0) is 19.8 Å². The van der Waals surface area contributed by atoms with Gasteiger partial charge in [-0.15, -0.1) is 11.8 Å². The minimum absolute atomic E-state index is 0.142. The summed E-state index contributed by atoms with van der Waals surface area (Å²) in [6.07, 6.45) is 2.19. The van der Waals surface area contributed by atoms with Crippen LogP contribution in [0.25, 0.3) is 0 Å². The van der Waals surface area contributed by atoms with E-state index in [0.717, 1.165) is 25.9 Å². The molecule has 6 heteroatoms. The SMILES string of the molecule is CCOC(=O)C(N)CSCC(=O)N1CCCC1. The van der Waals surface area contributed by atoms with Crippen molar-refractivity contribution in [2.24, 2.45) is 5.73 Å². The summed E-state index contributed by atoms with van der Waals surface area (Å²) >= 11 is 1.39. The first-order valence-corrected chi connectivity index (χ1v) is 7.08. The maximum atomic E-state index is 11.7. The number of likely N-dealkylation sites (tertiary alicyclic amines) is 1. The molecule has 1 aliphatic heterocycles. The van der Waals surface area contributed by atoms with Crippen molar-refractivity contribution < 1.29 is 14.3 Å². The summed E-state index contributed by atoms with van der Waals surface area (Å²) in [6, 6.07) is -0.633. The Balaban J connectivity index is 2.14. The average molecular weight is 260 g/mol. The molecule has 1 heterocycles. The van der Waals surface area contributed by atoms with Gasteiger partial charge in [0, 0.05) is 18.8 Å². The molecule has 0 radical (unpaired) electrons. The predicted octanol–water partition coefficient (Wildman–Crippen LogP) is 0.232. The molecule has 0 aliphatic carbocycles. The van der Waals surface area contributed by atoms with Crippen LogP contribution in [0, 0.1) is 0 Å². The number of nitrogens with zero attached hydrogens (tertiary/aromatic N) is 1. The molecule has 1 rings (SSSR count). The van der Waals surface area contributed by atoms with Gasteiger partial charge in [-0.3, -0.25) is 9.59 Å². The highest BCUT2D eigenvalue weighted by atomic mass is 32.2. The summed E-state index contributed by atoms with van der Waals surface area (Å²) in [4.78, 5) is 24.8. The Bertz CT molecular complexity index is 267. The van der Waals surface area contributed by atoms with Crippen LogP contribution in [-0.2, 0) is 14.3 Å². The van der Waals surface area contributed by atoms with Crippen LogP contribution < -0.4 is 5.73 Å². The van der Waals surface area contributed by atoms with Gasteiger partial charge in [-0.25, -0.2) is 0 Å². The van der Waals surface area contributed by atoms with Crippen molar-refractivity contribution in [2.45, 2.75) is 25.8 Å². The minimum atomic E-state index is -0.633. The fourth-order valence-electron chi connectivity index (χ4n) is 1.65. The van der Waals surface area contributed by atoms with Gasteiger partial charge in [-0.1, -0.05) is 0 Å². The molecule has 1 saturated heterocycles. The Labute approximate surface area is 106 Å². The third-order valence-electron chi connectivity index (χ3n) is 2.57. The van der Waals surface area contributed by atoms with E-state index in [2.05, 4.69) is 0 Å². The number of esters is 1. The van der Waals surface area contributed by atoms with Crippen molar-refractivity contribution in [2.75, 3.05) is 31.2 Å². The van der Waals surface area contributed by atoms with Crippen molar-refractivity contribution in [1.82, 2.24) is 4.90 Å². The fraction of sp³-hybridized carbons (Fsp3) is 0.818. The Kier molecular flexibility index (Phi) is 6.36. The zero-order chi connectivity index (χ0) is 12.7. The average Bonchev–Trinajstić information content (AvgIpc) is 2.82. The summed E-state index contributed by atoms with van der Waals surface area (Å²) in [5, 5.41) is 0. The summed E-state index contributed by atoms with van der Waals surface area (Å²) < 4.78 is 4.79. The molecule has 1 atom stereocenters. The topological polar surface area (TPSA) is 72.6 Å². The van der Waals surface area contributed by atoms with Crippen LogP contribution in [0.3, 0.4) is 0 Å². The van der Waals surface area contributed by atoms with Gasteiger partial charge in [0.2, 0.25) is 5.91 Å². The predicted molar refractivity (Wildman–Crippen MR) is 67.7 cm³/mol. The maximum absolute atomic E-state index is 11.7. The lowest BCUT2D eigenvalue weighted by Crippen LogP contribution is -2.35. The molecule has 1 amide bonds. The number of hydrogen-bond donors (Lipinski definition) is 1. The zero-order valence-electron chi connectivity index (χ0n) is 10.2. The third kappa shape index (κ3) is 4.95. The Hall–Kier alpha value is -0.750. The van der Waals surface area contributed by atoms with Gasteiger partial charge in [0.1, 0.15) is 6.04 Å². The number of carbonyl (C=O) groups excluding carboxylic acids is 2. The Morgan fingerprint density at radius 2 is 2.06 bits per heavy atom. The van der Waals surface area contributed by atoms with E-state index in [-0.39, 0.29) is 5.91 Å². The standard InChI is InChI=1S/C11H20N2O3S/c1-2-16-11(15)9(12)7-17-8-10(14)13-5-3-4-6-13/h9H,2-8,12H2,1H3. The van der Waals surface area contributed by atoms with E-state index in [4.69, 9.17) is 10.5 Å². The molecule has 0 aromatic carbocycles. The first-order valence-electron chi connectivity index (χ1n) is 5.93. The number of amides is 1. The second-order valence-electron chi connectivity index (χ2n) is 3.96. The molecular formula is C11H20N2O3S. The fourth-order valence-corrected chi connectivity index (χ4v) is 2.51. The van der Waals surface area contributed by atoms with Gasteiger partial charge in [0.05, 0.1) is 12.4 Å². The number of carbonyl (C=O) groups is 2. The lowest BCUT2D eigenvalue weighted by atomic mass is 10.4. The molecule has 0 spiro atoms. The molecular weight excluding hydrogens is 240 g/mol. The number of rotatable bonds is 6. The molecule has 1 aliphatic rings. The monoisotopic (exact) mass is 260 g/mol.